The van der Waals surface area contributed by atoms with Crippen LogP contribution in [0.2, 0.25) is 0 Å². The summed E-state index contributed by atoms with van der Waals surface area (Å²) in [6, 6.07) is 0. The van der Waals surface area contributed by atoms with Gasteiger partial charge in [0.15, 0.2) is 0 Å². The Morgan fingerprint density at radius 2 is 1.59 bits per heavy atom. The van der Waals surface area contributed by atoms with Crippen molar-refractivity contribution in [3.63, 3.8) is 0 Å². The summed E-state index contributed by atoms with van der Waals surface area (Å²) < 4.78 is 36.6. The summed E-state index contributed by atoms with van der Waals surface area (Å²) in [6.07, 6.45) is 7.86. The zero-order valence-corrected chi connectivity index (χ0v) is 11.7. The second kappa shape index (κ2) is 8.93. The second-order valence-electron chi connectivity index (χ2n) is 4.67. The molecule has 1 N–H and O–H groups in total. The molecule has 5 heteroatoms. The van der Waals surface area contributed by atoms with E-state index in [9.17, 15) is 13.3 Å². The molecule has 0 aromatic rings. The topological polar surface area (TPSA) is 37.3 Å². The molecule has 0 saturated carbocycles. The van der Waals surface area contributed by atoms with Gasteiger partial charge in [-0.15, -0.1) is 0 Å². The highest BCUT2D eigenvalue weighted by atomic mass is 31.1. The van der Waals surface area contributed by atoms with E-state index in [-0.39, 0.29) is 0 Å². The fraction of sp³-hybridized carbons (Fsp3) is 1.00. The van der Waals surface area contributed by atoms with E-state index in [0.717, 1.165) is 19.3 Å². The molecule has 102 valence electrons. The molecule has 0 spiro atoms. The van der Waals surface area contributed by atoms with E-state index < -0.39 is 19.6 Å². The molecule has 17 heavy (non-hydrogen) atoms. The third kappa shape index (κ3) is 7.05. The number of hydrogen-bond acceptors (Lipinski definition) is 1. The van der Waals surface area contributed by atoms with Crippen LogP contribution < -0.4 is 0 Å². The molecule has 0 aliphatic rings. The van der Waals surface area contributed by atoms with Gasteiger partial charge in [-0.05, 0) is 11.0 Å². The lowest BCUT2D eigenvalue weighted by Crippen LogP contribution is -2.21. The van der Waals surface area contributed by atoms with Crippen LogP contribution in [-0.4, -0.2) is 10.6 Å². The molecule has 0 saturated heterocycles. The Balaban J connectivity index is 3.58. The van der Waals surface area contributed by atoms with Crippen molar-refractivity contribution in [2.45, 2.75) is 70.9 Å². The molecular formula is C12H24F2O2P+. The van der Waals surface area contributed by atoms with Gasteiger partial charge in [-0.25, -0.2) is 0 Å². The number of alkyl halides is 2. The Kier molecular flexibility index (Phi) is 8.89. The van der Waals surface area contributed by atoms with Crippen LogP contribution in [0.3, 0.4) is 0 Å². The highest BCUT2D eigenvalue weighted by molar-refractivity contribution is 7.39. The normalized spacial score (nSPS) is 14.8. The Morgan fingerprint density at radius 3 is 2.06 bits per heavy atom. The number of halogens is 2. The Labute approximate surface area is 104 Å². The number of unbranched alkanes of at least 4 members (excludes halogenated alkanes) is 6. The van der Waals surface area contributed by atoms with Crippen molar-refractivity contribution in [1.82, 2.24) is 0 Å². The molecule has 2 nitrogen and oxygen atoms in total. The van der Waals surface area contributed by atoms with Crippen molar-refractivity contribution in [1.29, 1.82) is 0 Å². The fourth-order valence-electron chi connectivity index (χ4n) is 1.77. The summed E-state index contributed by atoms with van der Waals surface area (Å²) in [5.74, 6) is -1.01. The average Bonchev–Trinajstić information content (AvgIpc) is 2.27. The maximum absolute atomic E-state index is 13.1. The predicted molar refractivity (Wildman–Crippen MR) is 66.5 cm³/mol. The van der Waals surface area contributed by atoms with Gasteiger partial charge in [0.25, 0.3) is 0 Å². The van der Waals surface area contributed by atoms with E-state index in [1.54, 1.807) is 0 Å². The molecular weight excluding hydrogens is 245 g/mol. The van der Waals surface area contributed by atoms with Crippen molar-refractivity contribution < 1.29 is 18.2 Å². The zero-order valence-electron chi connectivity index (χ0n) is 10.8. The summed E-state index contributed by atoms with van der Waals surface area (Å²) in [5.41, 5.74) is -3.43. The van der Waals surface area contributed by atoms with Crippen LogP contribution in [0.15, 0.2) is 0 Å². The molecule has 0 fully saturated rings. The number of rotatable bonds is 10. The first-order valence-electron chi connectivity index (χ1n) is 6.47. The van der Waals surface area contributed by atoms with E-state index in [1.165, 1.54) is 26.2 Å². The quantitative estimate of drug-likeness (QED) is 0.443. The minimum atomic E-state index is -3.43. The molecule has 0 heterocycles. The van der Waals surface area contributed by atoms with E-state index >= 15 is 0 Å². The van der Waals surface area contributed by atoms with Crippen LogP contribution >= 0.6 is 8.03 Å². The summed E-state index contributed by atoms with van der Waals surface area (Å²) in [4.78, 5) is 8.51. The Hall–Kier alpha value is -0.0800. The van der Waals surface area contributed by atoms with E-state index in [4.69, 9.17) is 4.89 Å². The van der Waals surface area contributed by atoms with E-state index in [2.05, 4.69) is 6.92 Å². The first-order valence-corrected chi connectivity index (χ1v) is 7.68. The highest BCUT2D eigenvalue weighted by Crippen LogP contribution is 2.46. The van der Waals surface area contributed by atoms with Crippen molar-refractivity contribution in [3.05, 3.63) is 0 Å². The zero-order chi connectivity index (χ0) is 13.3. The number of hydrogen-bond donors (Lipinski definition) is 1. The van der Waals surface area contributed by atoms with Crippen LogP contribution in [0.1, 0.15) is 65.2 Å². The lowest BCUT2D eigenvalue weighted by molar-refractivity contribution is 0.0222. The van der Waals surface area contributed by atoms with Gasteiger partial charge in [0.05, 0.1) is 5.92 Å². The van der Waals surface area contributed by atoms with Crippen molar-refractivity contribution in [2.24, 2.45) is 5.92 Å². The molecule has 2 atom stereocenters. The van der Waals surface area contributed by atoms with Crippen molar-refractivity contribution >= 4 is 8.03 Å². The highest BCUT2D eigenvalue weighted by Gasteiger charge is 2.55. The molecule has 0 bridgehead atoms. The molecule has 0 radical (unpaired) electrons. The molecule has 0 amide bonds. The van der Waals surface area contributed by atoms with Gasteiger partial charge in [0.1, 0.15) is 0 Å². The van der Waals surface area contributed by atoms with Crippen molar-refractivity contribution in [2.75, 3.05) is 0 Å². The van der Waals surface area contributed by atoms with E-state index in [0.29, 0.717) is 12.8 Å². The SMILES string of the molecule is CCCCCCCCCC(C)C(F)(F)[P+](=O)O. The third-order valence-electron chi connectivity index (χ3n) is 3.09. The van der Waals surface area contributed by atoms with Gasteiger partial charge >= 0.3 is 13.7 Å². The van der Waals surface area contributed by atoms with Crippen LogP contribution in [-0.2, 0) is 4.57 Å². The summed E-state index contributed by atoms with van der Waals surface area (Å²) in [5, 5.41) is 0. The van der Waals surface area contributed by atoms with Crippen LogP contribution in [0, 0.1) is 5.92 Å². The van der Waals surface area contributed by atoms with Gasteiger partial charge in [0, 0.05) is 0 Å². The van der Waals surface area contributed by atoms with Crippen LogP contribution in [0.5, 0.6) is 0 Å². The van der Waals surface area contributed by atoms with Crippen LogP contribution in [0.4, 0.5) is 8.78 Å². The Bertz CT molecular complexity index is 223. The summed E-state index contributed by atoms with van der Waals surface area (Å²) in [6.45, 7) is 3.50. The Morgan fingerprint density at radius 1 is 1.12 bits per heavy atom. The average molecular weight is 269 g/mol. The molecule has 2 unspecified atom stereocenters. The maximum atomic E-state index is 13.1. The lowest BCUT2D eigenvalue weighted by Gasteiger charge is -2.12. The summed E-state index contributed by atoms with van der Waals surface area (Å²) >= 11 is 0. The third-order valence-corrected chi connectivity index (χ3v) is 4.04. The van der Waals surface area contributed by atoms with Gasteiger partial charge in [-0.2, -0.15) is 13.7 Å². The maximum Gasteiger partial charge on any atom is 0.583 e. The largest absolute Gasteiger partial charge is 0.583 e. The van der Waals surface area contributed by atoms with Gasteiger partial charge < -0.3 is 0 Å². The van der Waals surface area contributed by atoms with E-state index in [1.807, 2.05) is 0 Å². The second-order valence-corrected chi connectivity index (χ2v) is 5.81. The first kappa shape index (κ1) is 16.9. The van der Waals surface area contributed by atoms with Crippen LogP contribution in [0.25, 0.3) is 0 Å². The molecule has 0 aromatic heterocycles. The standard InChI is InChI=1S/C12H23F2O2P/c1-3-4-5-6-7-8-9-10-11(2)12(13,14)17(15)16/h11H,3-10H2,1-2H3/p+1. The monoisotopic (exact) mass is 269 g/mol. The minimum Gasteiger partial charge on any atom is -0.156 e. The summed E-state index contributed by atoms with van der Waals surface area (Å²) in [7, 11) is -3.40. The van der Waals surface area contributed by atoms with Gasteiger partial charge in [-0.3, -0.25) is 0 Å². The minimum absolute atomic E-state index is 0.322. The molecule has 0 aliphatic heterocycles. The molecule has 0 aliphatic carbocycles. The van der Waals surface area contributed by atoms with Crippen molar-refractivity contribution in [3.8, 4) is 0 Å². The first-order chi connectivity index (χ1) is 7.92. The molecule has 0 rings (SSSR count). The van der Waals surface area contributed by atoms with Gasteiger partial charge in [-0.1, -0.05) is 58.8 Å². The smallest absolute Gasteiger partial charge is 0.156 e. The molecule has 0 aromatic carbocycles. The van der Waals surface area contributed by atoms with Gasteiger partial charge in [0.2, 0.25) is 0 Å². The lowest BCUT2D eigenvalue weighted by atomic mass is 10.0. The predicted octanol–water partition coefficient (Wildman–Crippen LogP) is 5.09. The fourth-order valence-corrected chi connectivity index (χ4v) is 2.28.